The first-order chi connectivity index (χ1) is 9.53. The van der Waals surface area contributed by atoms with Gasteiger partial charge >= 0.3 is 5.97 Å². The summed E-state index contributed by atoms with van der Waals surface area (Å²) in [6.45, 7) is 0.633. The molecule has 1 saturated carbocycles. The van der Waals surface area contributed by atoms with E-state index in [1.807, 2.05) is 0 Å². The minimum absolute atomic E-state index is 0.0712. The van der Waals surface area contributed by atoms with Gasteiger partial charge in [0.1, 0.15) is 0 Å². The minimum atomic E-state index is -3.31. The molecule has 1 unspecified atom stereocenters. The smallest absolute Gasteiger partial charge is 0.336 e. The molecule has 0 bridgehead atoms. The Bertz CT molecular complexity index is 430. The quantitative estimate of drug-likeness (QED) is 0.717. The molecule has 20 heavy (non-hydrogen) atoms. The number of morpholine rings is 1. The first-order valence-corrected chi connectivity index (χ1v) is 8.81. The van der Waals surface area contributed by atoms with E-state index in [0.717, 1.165) is 25.7 Å². The van der Waals surface area contributed by atoms with Crippen molar-refractivity contribution in [3.05, 3.63) is 0 Å². The van der Waals surface area contributed by atoms with Crippen LogP contribution in [0.1, 0.15) is 32.1 Å². The SMILES string of the molecule is COC(=O)C1CN(S(=O)(=O)CC2CCCCC2)CCO1. The molecule has 0 N–H and O–H groups in total. The van der Waals surface area contributed by atoms with Gasteiger partial charge in [0.25, 0.3) is 0 Å². The van der Waals surface area contributed by atoms with Crippen LogP contribution in [0.2, 0.25) is 0 Å². The zero-order valence-corrected chi connectivity index (χ0v) is 12.7. The number of hydrogen-bond acceptors (Lipinski definition) is 5. The van der Waals surface area contributed by atoms with Crippen LogP contribution in [0.15, 0.2) is 0 Å². The van der Waals surface area contributed by atoms with Crippen LogP contribution in [0.3, 0.4) is 0 Å². The van der Waals surface area contributed by atoms with Crippen LogP contribution in [0, 0.1) is 5.92 Å². The van der Waals surface area contributed by atoms with Crippen molar-refractivity contribution < 1.29 is 22.7 Å². The molecule has 7 heteroatoms. The first kappa shape index (κ1) is 15.7. The Morgan fingerprint density at radius 1 is 1.30 bits per heavy atom. The number of carbonyl (C=O) groups excluding carboxylic acids is 1. The molecular formula is C13H23NO5S. The Morgan fingerprint density at radius 2 is 2.00 bits per heavy atom. The van der Waals surface area contributed by atoms with Crippen molar-refractivity contribution in [1.82, 2.24) is 4.31 Å². The van der Waals surface area contributed by atoms with E-state index >= 15 is 0 Å². The second kappa shape index (κ2) is 6.87. The summed E-state index contributed by atoms with van der Waals surface area (Å²) >= 11 is 0. The van der Waals surface area contributed by atoms with Crippen LogP contribution in [0.4, 0.5) is 0 Å². The molecule has 6 nitrogen and oxygen atoms in total. The number of ether oxygens (including phenoxy) is 2. The number of methoxy groups -OCH3 is 1. The largest absolute Gasteiger partial charge is 0.467 e. The van der Waals surface area contributed by atoms with Crippen molar-refractivity contribution in [3.63, 3.8) is 0 Å². The Balaban J connectivity index is 1.95. The van der Waals surface area contributed by atoms with Gasteiger partial charge in [-0.25, -0.2) is 13.2 Å². The fourth-order valence-corrected chi connectivity index (χ4v) is 4.76. The summed E-state index contributed by atoms with van der Waals surface area (Å²) in [6, 6.07) is 0. The highest BCUT2D eigenvalue weighted by atomic mass is 32.2. The Labute approximate surface area is 120 Å². The summed E-state index contributed by atoms with van der Waals surface area (Å²) in [5.74, 6) is -0.0586. The maximum absolute atomic E-state index is 12.4. The third-order valence-corrected chi connectivity index (χ3v) is 6.07. The van der Waals surface area contributed by atoms with Gasteiger partial charge in [-0.3, -0.25) is 0 Å². The molecule has 1 aliphatic heterocycles. The lowest BCUT2D eigenvalue weighted by atomic mass is 9.91. The molecule has 0 aromatic carbocycles. The van der Waals surface area contributed by atoms with Crippen LogP contribution in [0.25, 0.3) is 0 Å². The van der Waals surface area contributed by atoms with Gasteiger partial charge in [-0.05, 0) is 18.8 Å². The molecule has 0 aromatic heterocycles. The van der Waals surface area contributed by atoms with Crippen molar-refractivity contribution >= 4 is 16.0 Å². The minimum Gasteiger partial charge on any atom is -0.467 e. The van der Waals surface area contributed by atoms with Gasteiger partial charge in [0.05, 0.1) is 26.0 Å². The van der Waals surface area contributed by atoms with E-state index in [0.29, 0.717) is 6.54 Å². The Morgan fingerprint density at radius 3 is 2.65 bits per heavy atom. The molecule has 0 amide bonds. The van der Waals surface area contributed by atoms with E-state index in [4.69, 9.17) is 4.74 Å². The van der Waals surface area contributed by atoms with Gasteiger partial charge in [0.15, 0.2) is 6.10 Å². The predicted octanol–water partition coefficient (Wildman–Crippen LogP) is 0.770. The number of nitrogens with zero attached hydrogens (tertiary/aromatic N) is 1. The Hall–Kier alpha value is -0.660. The van der Waals surface area contributed by atoms with Gasteiger partial charge < -0.3 is 9.47 Å². The summed E-state index contributed by atoms with van der Waals surface area (Å²) in [5.41, 5.74) is 0. The summed E-state index contributed by atoms with van der Waals surface area (Å²) in [6.07, 6.45) is 4.63. The third-order valence-electron chi connectivity index (χ3n) is 4.06. The number of sulfonamides is 1. The number of esters is 1. The predicted molar refractivity (Wildman–Crippen MR) is 73.7 cm³/mol. The van der Waals surface area contributed by atoms with Crippen LogP contribution < -0.4 is 0 Å². The standard InChI is InChI=1S/C13H23NO5S/c1-18-13(15)12-9-14(7-8-19-12)20(16,17)10-11-5-3-2-4-6-11/h11-12H,2-10H2,1H3. The van der Waals surface area contributed by atoms with E-state index in [1.165, 1.54) is 17.8 Å². The van der Waals surface area contributed by atoms with Gasteiger partial charge in [-0.15, -0.1) is 0 Å². The van der Waals surface area contributed by atoms with Crippen LogP contribution in [0.5, 0.6) is 0 Å². The first-order valence-electron chi connectivity index (χ1n) is 7.20. The van der Waals surface area contributed by atoms with Crippen molar-refractivity contribution in [2.75, 3.05) is 32.6 Å². The molecule has 1 heterocycles. The highest BCUT2D eigenvalue weighted by Crippen LogP contribution is 2.26. The topological polar surface area (TPSA) is 72.9 Å². The number of rotatable bonds is 4. The van der Waals surface area contributed by atoms with E-state index in [2.05, 4.69) is 4.74 Å². The van der Waals surface area contributed by atoms with Crippen LogP contribution in [-0.4, -0.2) is 57.4 Å². The highest BCUT2D eigenvalue weighted by Gasteiger charge is 2.35. The average Bonchev–Trinajstić information content (AvgIpc) is 2.47. The zero-order valence-electron chi connectivity index (χ0n) is 11.9. The molecule has 1 aliphatic carbocycles. The van der Waals surface area contributed by atoms with Gasteiger partial charge in [0, 0.05) is 6.54 Å². The molecule has 2 aliphatic rings. The molecule has 1 saturated heterocycles. The lowest BCUT2D eigenvalue weighted by Gasteiger charge is -2.32. The second-order valence-corrected chi connectivity index (χ2v) is 7.54. The summed E-state index contributed by atoms with van der Waals surface area (Å²) in [4.78, 5) is 11.5. The highest BCUT2D eigenvalue weighted by molar-refractivity contribution is 7.89. The van der Waals surface area contributed by atoms with E-state index in [9.17, 15) is 13.2 Å². The van der Waals surface area contributed by atoms with Crippen molar-refractivity contribution in [2.24, 2.45) is 5.92 Å². The molecule has 2 fully saturated rings. The van der Waals surface area contributed by atoms with E-state index in [-0.39, 0.29) is 24.8 Å². The van der Waals surface area contributed by atoms with Crippen molar-refractivity contribution in [1.29, 1.82) is 0 Å². The molecule has 116 valence electrons. The maximum atomic E-state index is 12.4. The maximum Gasteiger partial charge on any atom is 0.336 e. The van der Waals surface area contributed by atoms with E-state index in [1.54, 1.807) is 0 Å². The van der Waals surface area contributed by atoms with Gasteiger partial charge in [-0.2, -0.15) is 4.31 Å². The number of carbonyl (C=O) groups is 1. The third kappa shape index (κ3) is 3.93. The normalized spacial score (nSPS) is 26.4. The van der Waals surface area contributed by atoms with Crippen molar-refractivity contribution in [2.45, 2.75) is 38.2 Å². The zero-order chi connectivity index (χ0) is 14.6. The lowest BCUT2D eigenvalue weighted by molar-refractivity contribution is -0.157. The van der Waals surface area contributed by atoms with Gasteiger partial charge in [-0.1, -0.05) is 19.3 Å². The molecular weight excluding hydrogens is 282 g/mol. The molecule has 0 spiro atoms. The van der Waals surface area contributed by atoms with Gasteiger partial charge in [0.2, 0.25) is 10.0 Å². The molecule has 0 radical (unpaired) electrons. The average molecular weight is 305 g/mol. The van der Waals surface area contributed by atoms with Crippen molar-refractivity contribution in [3.8, 4) is 0 Å². The Kier molecular flexibility index (Phi) is 5.40. The lowest BCUT2D eigenvalue weighted by Crippen LogP contribution is -2.50. The summed E-state index contributed by atoms with van der Waals surface area (Å²) < 4.78 is 36.1. The molecule has 0 aromatic rings. The summed E-state index contributed by atoms with van der Waals surface area (Å²) in [7, 11) is -2.03. The second-order valence-electron chi connectivity index (χ2n) is 5.52. The van der Waals surface area contributed by atoms with Crippen LogP contribution >= 0.6 is 0 Å². The van der Waals surface area contributed by atoms with E-state index < -0.39 is 22.1 Å². The summed E-state index contributed by atoms with van der Waals surface area (Å²) in [5, 5.41) is 0. The molecule has 1 atom stereocenters. The fraction of sp³-hybridized carbons (Fsp3) is 0.923. The van der Waals surface area contributed by atoms with Crippen LogP contribution in [-0.2, 0) is 24.3 Å². The molecule has 2 rings (SSSR count). The fourth-order valence-electron chi connectivity index (χ4n) is 2.91. The monoisotopic (exact) mass is 305 g/mol. The number of hydrogen-bond donors (Lipinski definition) is 0.